The number of hydrogen-bond acceptors (Lipinski definition) is 8. The SMILES string of the molecule is CN(C)P(C(C(P(N(C)C)N(C)C)P(N(C)C)N(C)C)P(N(C)C)N(C)C)N(C)C. The molecule has 0 aliphatic carbocycles. The molecule has 0 aromatic carbocycles. The molecule has 0 aromatic heterocycles. The van der Waals surface area contributed by atoms with E-state index in [1.54, 1.807) is 0 Å². The van der Waals surface area contributed by atoms with Gasteiger partial charge in [0.15, 0.2) is 0 Å². The van der Waals surface area contributed by atoms with Crippen molar-refractivity contribution in [3.8, 4) is 0 Å². The summed E-state index contributed by atoms with van der Waals surface area (Å²) in [7, 11) is 34.1. The number of nitrogens with zero attached hydrogens (tertiary/aromatic N) is 8. The fourth-order valence-electron chi connectivity index (χ4n) is 3.99. The van der Waals surface area contributed by atoms with Gasteiger partial charge in [-0.2, -0.15) is 0 Å². The minimum atomic E-state index is -0.512. The van der Waals surface area contributed by atoms with Gasteiger partial charge in [-0.05, 0) is 113 Å². The van der Waals surface area contributed by atoms with Crippen LogP contribution in [-0.2, 0) is 0 Å². The predicted octanol–water partition coefficient (Wildman–Crippen LogP) is 3.38. The van der Waals surface area contributed by atoms with Gasteiger partial charge in [0.2, 0.25) is 0 Å². The van der Waals surface area contributed by atoms with E-state index in [-0.39, 0.29) is 0 Å². The Bertz CT molecular complexity index is 363. The lowest BCUT2D eigenvalue weighted by Crippen LogP contribution is -2.43. The molecule has 0 saturated heterocycles. The topological polar surface area (TPSA) is 25.9 Å². The van der Waals surface area contributed by atoms with Crippen molar-refractivity contribution < 1.29 is 0 Å². The highest BCUT2D eigenvalue weighted by Crippen LogP contribution is 2.75. The van der Waals surface area contributed by atoms with Gasteiger partial charge in [-0.15, -0.1) is 0 Å². The zero-order valence-electron chi connectivity index (χ0n) is 22.5. The summed E-state index contributed by atoms with van der Waals surface area (Å²) in [6, 6.07) is 0. The molecule has 0 aliphatic rings. The Balaban J connectivity index is 7.14. The van der Waals surface area contributed by atoms with E-state index < -0.39 is 32.9 Å². The Morgan fingerprint density at radius 1 is 0.267 bits per heavy atom. The second kappa shape index (κ2) is 14.0. The van der Waals surface area contributed by atoms with Crippen molar-refractivity contribution in [3.63, 3.8) is 0 Å². The van der Waals surface area contributed by atoms with Crippen LogP contribution in [0.25, 0.3) is 0 Å². The summed E-state index contributed by atoms with van der Waals surface area (Å²) < 4.78 is 19.8. The van der Waals surface area contributed by atoms with Gasteiger partial charge >= 0.3 is 0 Å². The van der Waals surface area contributed by atoms with Crippen molar-refractivity contribution in [2.75, 3.05) is 113 Å². The van der Waals surface area contributed by atoms with Gasteiger partial charge in [-0.25, -0.2) is 0 Å². The average molecular weight is 503 g/mol. The largest absolute Gasteiger partial charge is 0.275 e. The molecule has 0 amide bonds. The van der Waals surface area contributed by atoms with Gasteiger partial charge in [0.1, 0.15) is 0 Å². The first-order chi connectivity index (χ1) is 13.6. The molecule has 0 aliphatic heterocycles. The molecule has 0 heterocycles. The third kappa shape index (κ3) is 8.32. The first-order valence-corrected chi connectivity index (χ1v) is 15.4. The van der Waals surface area contributed by atoms with Gasteiger partial charge in [0, 0.05) is 32.9 Å². The van der Waals surface area contributed by atoms with Crippen LogP contribution < -0.4 is 0 Å². The van der Waals surface area contributed by atoms with E-state index in [1.165, 1.54) is 0 Å². The molecule has 8 nitrogen and oxygen atoms in total. The maximum atomic E-state index is 2.48. The minimum absolute atomic E-state index is 0.511. The van der Waals surface area contributed by atoms with E-state index >= 15 is 0 Å². The molecule has 0 aromatic rings. The standard InChI is InChI=1S/C18H50N8P4/c1-19(2)27(20(3)4)17(28(21(5)6)22(7)8)18(29(23(9)10)24(11)12)30(25(13)14)26(15)16/h17-18H,1-16H3. The predicted molar refractivity (Wildman–Crippen MR) is 145 cm³/mol. The maximum absolute atomic E-state index is 2.48. The Labute approximate surface area is 193 Å². The molecule has 0 spiro atoms. The van der Waals surface area contributed by atoms with Crippen molar-refractivity contribution in [1.82, 2.24) is 37.4 Å². The van der Waals surface area contributed by atoms with E-state index in [9.17, 15) is 0 Å². The molecule has 0 N–H and O–H groups in total. The minimum Gasteiger partial charge on any atom is -0.275 e. The van der Waals surface area contributed by atoms with E-state index in [0.29, 0.717) is 10.8 Å². The highest BCUT2D eigenvalue weighted by molar-refractivity contribution is 7.78. The van der Waals surface area contributed by atoms with Crippen LogP contribution in [-0.4, -0.2) is 161 Å². The molecule has 30 heavy (non-hydrogen) atoms. The average Bonchev–Trinajstić information content (AvgIpc) is 2.50. The molecular formula is C18H50N8P4. The highest BCUT2D eigenvalue weighted by atomic mass is 31.2. The van der Waals surface area contributed by atoms with Crippen LogP contribution in [0.4, 0.5) is 0 Å². The molecular weight excluding hydrogens is 452 g/mol. The van der Waals surface area contributed by atoms with Crippen molar-refractivity contribution in [2.24, 2.45) is 0 Å². The Kier molecular flexibility index (Phi) is 14.6. The molecule has 0 fully saturated rings. The van der Waals surface area contributed by atoms with Crippen LogP contribution in [0.15, 0.2) is 0 Å². The fourth-order valence-corrected chi connectivity index (χ4v) is 20.9. The molecule has 12 heteroatoms. The summed E-state index contributed by atoms with van der Waals surface area (Å²) in [4.78, 5) is 0. The zero-order chi connectivity index (χ0) is 24.1. The second-order valence-electron chi connectivity index (χ2n) is 8.89. The summed E-state index contributed by atoms with van der Waals surface area (Å²) in [5, 5.41) is 1.02. The van der Waals surface area contributed by atoms with Crippen molar-refractivity contribution in [1.29, 1.82) is 0 Å². The molecule has 0 bridgehead atoms. The van der Waals surface area contributed by atoms with Crippen molar-refractivity contribution >= 4 is 32.9 Å². The molecule has 182 valence electrons. The highest BCUT2D eigenvalue weighted by Gasteiger charge is 2.50. The normalized spacial score (nSPS) is 14.2. The van der Waals surface area contributed by atoms with Gasteiger partial charge in [0.25, 0.3) is 0 Å². The summed E-state index contributed by atoms with van der Waals surface area (Å²) in [5.74, 6) is 0. The maximum Gasteiger partial charge on any atom is 0.0690 e. The van der Waals surface area contributed by atoms with E-state index in [4.69, 9.17) is 0 Å². The van der Waals surface area contributed by atoms with Crippen LogP contribution >= 0.6 is 32.9 Å². The monoisotopic (exact) mass is 502 g/mol. The van der Waals surface area contributed by atoms with E-state index in [2.05, 4.69) is 150 Å². The van der Waals surface area contributed by atoms with Crippen LogP contribution in [0.5, 0.6) is 0 Å². The molecule has 0 rings (SSSR count). The van der Waals surface area contributed by atoms with Gasteiger partial charge < -0.3 is 0 Å². The smallest absolute Gasteiger partial charge is 0.0690 e. The summed E-state index contributed by atoms with van der Waals surface area (Å²) >= 11 is 0. The Morgan fingerprint density at radius 3 is 0.433 bits per heavy atom. The molecule has 0 unspecified atom stereocenters. The van der Waals surface area contributed by atoms with Crippen LogP contribution in [0, 0.1) is 0 Å². The van der Waals surface area contributed by atoms with Gasteiger partial charge in [0.05, 0.1) is 10.8 Å². The number of hydrogen-bond donors (Lipinski definition) is 0. The fraction of sp³-hybridized carbons (Fsp3) is 1.00. The second-order valence-corrected chi connectivity index (χ2v) is 20.9. The zero-order valence-corrected chi connectivity index (χ0v) is 26.1. The summed E-state index contributed by atoms with van der Waals surface area (Å²) in [6.45, 7) is 0. The summed E-state index contributed by atoms with van der Waals surface area (Å²) in [6.07, 6.45) is 0. The van der Waals surface area contributed by atoms with Crippen molar-refractivity contribution in [2.45, 2.75) is 10.8 Å². The van der Waals surface area contributed by atoms with Crippen LogP contribution in [0.3, 0.4) is 0 Å². The third-order valence-electron chi connectivity index (χ3n) is 4.49. The number of rotatable bonds is 13. The molecule has 0 atom stereocenters. The van der Waals surface area contributed by atoms with E-state index in [0.717, 1.165) is 0 Å². The van der Waals surface area contributed by atoms with Crippen LogP contribution in [0.2, 0.25) is 0 Å². The third-order valence-corrected chi connectivity index (χ3v) is 17.6. The molecule has 0 radical (unpaired) electrons. The lowest BCUT2D eigenvalue weighted by molar-refractivity contribution is 0.522. The Morgan fingerprint density at radius 2 is 0.367 bits per heavy atom. The van der Waals surface area contributed by atoms with E-state index in [1.807, 2.05) is 0 Å². The van der Waals surface area contributed by atoms with Gasteiger partial charge in [-0.1, -0.05) is 0 Å². The van der Waals surface area contributed by atoms with Crippen molar-refractivity contribution in [3.05, 3.63) is 0 Å². The van der Waals surface area contributed by atoms with Gasteiger partial charge in [-0.3, -0.25) is 37.4 Å². The first kappa shape index (κ1) is 31.4. The Hall–Kier alpha value is 1.40. The first-order valence-electron chi connectivity index (χ1n) is 10.1. The van der Waals surface area contributed by atoms with Crippen LogP contribution in [0.1, 0.15) is 0 Å². The lowest BCUT2D eigenvalue weighted by Gasteiger charge is -2.54. The lowest BCUT2D eigenvalue weighted by atomic mass is 10.9. The molecule has 0 saturated carbocycles. The quantitative estimate of drug-likeness (QED) is 0.354. The summed E-state index contributed by atoms with van der Waals surface area (Å²) in [5.41, 5.74) is 0.